The maximum atomic E-state index is 12.5. The van der Waals surface area contributed by atoms with E-state index >= 15 is 0 Å². The lowest BCUT2D eigenvalue weighted by molar-refractivity contribution is -0.132. The van der Waals surface area contributed by atoms with E-state index in [0.29, 0.717) is 43.9 Å². The van der Waals surface area contributed by atoms with Crippen LogP contribution in [0.3, 0.4) is 0 Å². The Morgan fingerprint density at radius 1 is 1.16 bits per heavy atom. The third-order valence-electron chi connectivity index (χ3n) is 5.38. The first-order chi connectivity index (χ1) is 15.1. The first kappa shape index (κ1) is 20.7. The SMILES string of the molecule is Cn1cc(C(=O)NC2CCN(C(=O)CCCn3nnc(-c4ccccc4)n3)CC2)cn1. The van der Waals surface area contributed by atoms with Crippen molar-refractivity contribution in [3.8, 4) is 11.4 Å². The Bertz CT molecular complexity index is 1020. The molecule has 0 bridgehead atoms. The van der Waals surface area contributed by atoms with E-state index in [1.165, 1.54) is 4.80 Å². The monoisotopic (exact) mass is 422 g/mol. The zero-order valence-electron chi connectivity index (χ0n) is 17.5. The average Bonchev–Trinajstić information content (AvgIpc) is 3.44. The van der Waals surface area contributed by atoms with Crippen LogP contribution in [0, 0.1) is 0 Å². The minimum Gasteiger partial charge on any atom is -0.349 e. The van der Waals surface area contributed by atoms with Gasteiger partial charge < -0.3 is 10.2 Å². The van der Waals surface area contributed by atoms with E-state index < -0.39 is 0 Å². The molecule has 1 aliphatic rings. The topological polar surface area (TPSA) is 111 Å². The van der Waals surface area contributed by atoms with Gasteiger partial charge in [0.15, 0.2) is 0 Å². The Morgan fingerprint density at radius 3 is 2.65 bits per heavy atom. The largest absolute Gasteiger partial charge is 0.349 e. The number of likely N-dealkylation sites (tertiary alicyclic amines) is 1. The van der Waals surface area contributed by atoms with E-state index in [1.807, 2.05) is 35.2 Å². The minimum absolute atomic E-state index is 0.0764. The predicted octanol–water partition coefficient (Wildman–Crippen LogP) is 1.27. The Labute approximate surface area is 180 Å². The second-order valence-corrected chi connectivity index (χ2v) is 7.71. The number of tetrazole rings is 1. The van der Waals surface area contributed by atoms with Gasteiger partial charge in [0.25, 0.3) is 5.91 Å². The summed E-state index contributed by atoms with van der Waals surface area (Å²) in [5.74, 6) is 0.593. The number of hydrogen-bond acceptors (Lipinski definition) is 6. The number of hydrogen-bond donors (Lipinski definition) is 1. The molecule has 1 N–H and O–H groups in total. The van der Waals surface area contributed by atoms with Gasteiger partial charge in [0.1, 0.15) is 0 Å². The van der Waals surface area contributed by atoms with Crippen molar-refractivity contribution in [3.05, 3.63) is 48.3 Å². The highest BCUT2D eigenvalue weighted by Gasteiger charge is 2.24. The third kappa shape index (κ3) is 5.33. The van der Waals surface area contributed by atoms with E-state index in [0.717, 1.165) is 18.4 Å². The van der Waals surface area contributed by atoms with Gasteiger partial charge in [-0.15, -0.1) is 10.2 Å². The summed E-state index contributed by atoms with van der Waals surface area (Å²) in [5.41, 5.74) is 1.47. The number of rotatable bonds is 7. The Hall–Kier alpha value is -3.56. The number of nitrogens with zero attached hydrogens (tertiary/aromatic N) is 7. The molecule has 0 aliphatic carbocycles. The Balaban J connectivity index is 1.17. The normalized spacial score (nSPS) is 14.5. The molecule has 1 aliphatic heterocycles. The molecule has 3 aromatic rings. The van der Waals surface area contributed by atoms with Gasteiger partial charge in [-0.1, -0.05) is 30.3 Å². The molecule has 1 aromatic carbocycles. The van der Waals surface area contributed by atoms with Crippen LogP contribution in [-0.4, -0.2) is 65.8 Å². The van der Waals surface area contributed by atoms with E-state index in [2.05, 4.69) is 25.8 Å². The maximum Gasteiger partial charge on any atom is 0.254 e. The molecule has 0 spiro atoms. The number of amides is 2. The number of nitrogens with one attached hydrogen (secondary N) is 1. The fourth-order valence-corrected chi connectivity index (χ4v) is 3.65. The fourth-order valence-electron chi connectivity index (χ4n) is 3.65. The van der Waals surface area contributed by atoms with Gasteiger partial charge in [-0.2, -0.15) is 9.90 Å². The molecule has 4 rings (SSSR count). The molecule has 0 atom stereocenters. The first-order valence-electron chi connectivity index (χ1n) is 10.5. The number of aromatic nitrogens is 6. The molecule has 0 radical (unpaired) electrons. The summed E-state index contributed by atoms with van der Waals surface area (Å²) in [6.45, 7) is 1.84. The molecule has 10 nitrogen and oxygen atoms in total. The number of benzene rings is 1. The smallest absolute Gasteiger partial charge is 0.254 e. The molecule has 31 heavy (non-hydrogen) atoms. The van der Waals surface area contributed by atoms with Crippen molar-refractivity contribution in [2.24, 2.45) is 7.05 Å². The van der Waals surface area contributed by atoms with Gasteiger partial charge in [-0.25, -0.2) is 0 Å². The van der Waals surface area contributed by atoms with Gasteiger partial charge in [-0.05, 0) is 24.5 Å². The molecular weight excluding hydrogens is 396 g/mol. The van der Waals surface area contributed by atoms with Crippen molar-refractivity contribution in [3.63, 3.8) is 0 Å². The quantitative estimate of drug-likeness (QED) is 0.614. The van der Waals surface area contributed by atoms with Crippen LogP contribution < -0.4 is 5.32 Å². The molecule has 3 heterocycles. The number of aryl methyl sites for hydroxylation is 2. The average molecular weight is 422 g/mol. The summed E-state index contributed by atoms with van der Waals surface area (Å²) >= 11 is 0. The maximum absolute atomic E-state index is 12.5. The van der Waals surface area contributed by atoms with Crippen LogP contribution in [0.2, 0.25) is 0 Å². The number of carbonyl (C=O) groups is 2. The van der Waals surface area contributed by atoms with Crippen molar-refractivity contribution >= 4 is 11.8 Å². The molecular formula is C21H26N8O2. The summed E-state index contributed by atoms with van der Waals surface area (Å²) in [6.07, 6.45) is 5.85. The van der Waals surface area contributed by atoms with Crippen LogP contribution >= 0.6 is 0 Å². The molecule has 0 saturated carbocycles. The second-order valence-electron chi connectivity index (χ2n) is 7.71. The zero-order valence-corrected chi connectivity index (χ0v) is 17.5. The Kier molecular flexibility index (Phi) is 6.34. The molecule has 2 amide bonds. The van der Waals surface area contributed by atoms with Crippen LogP contribution in [0.15, 0.2) is 42.7 Å². The standard InChI is InChI=1S/C21H26N8O2/c1-27-15-17(14-22-27)21(31)23-18-9-12-28(13-10-18)19(30)8-5-11-29-25-20(24-26-29)16-6-3-2-4-7-16/h2-4,6-7,14-15,18H,5,8-13H2,1H3,(H,23,31). The summed E-state index contributed by atoms with van der Waals surface area (Å²) in [4.78, 5) is 28.2. The third-order valence-corrected chi connectivity index (χ3v) is 5.38. The molecule has 1 fully saturated rings. The van der Waals surface area contributed by atoms with E-state index in [1.54, 1.807) is 24.1 Å². The van der Waals surface area contributed by atoms with Gasteiger partial charge >= 0.3 is 0 Å². The number of piperidine rings is 1. The zero-order chi connectivity index (χ0) is 21.6. The van der Waals surface area contributed by atoms with Crippen molar-refractivity contribution in [1.82, 2.24) is 40.2 Å². The summed E-state index contributed by atoms with van der Waals surface area (Å²) in [6, 6.07) is 9.76. The highest BCUT2D eigenvalue weighted by atomic mass is 16.2. The summed E-state index contributed by atoms with van der Waals surface area (Å²) in [5, 5.41) is 19.6. The molecule has 0 unspecified atom stereocenters. The molecule has 2 aromatic heterocycles. The summed E-state index contributed by atoms with van der Waals surface area (Å²) < 4.78 is 1.60. The molecule has 10 heteroatoms. The lowest BCUT2D eigenvalue weighted by Gasteiger charge is -2.32. The van der Waals surface area contributed by atoms with Crippen LogP contribution in [0.4, 0.5) is 0 Å². The fraction of sp³-hybridized carbons (Fsp3) is 0.429. The highest BCUT2D eigenvalue weighted by Crippen LogP contribution is 2.14. The van der Waals surface area contributed by atoms with Crippen LogP contribution in [0.5, 0.6) is 0 Å². The van der Waals surface area contributed by atoms with Gasteiger partial charge in [0.2, 0.25) is 11.7 Å². The summed E-state index contributed by atoms with van der Waals surface area (Å²) in [7, 11) is 1.78. The Morgan fingerprint density at radius 2 is 1.94 bits per heavy atom. The minimum atomic E-state index is -0.118. The first-order valence-corrected chi connectivity index (χ1v) is 10.5. The van der Waals surface area contributed by atoms with Crippen molar-refractivity contribution < 1.29 is 9.59 Å². The van der Waals surface area contributed by atoms with Gasteiger partial charge in [0, 0.05) is 44.4 Å². The lowest BCUT2D eigenvalue weighted by Crippen LogP contribution is -2.46. The van der Waals surface area contributed by atoms with Crippen LogP contribution in [-0.2, 0) is 18.4 Å². The van der Waals surface area contributed by atoms with Crippen LogP contribution in [0.25, 0.3) is 11.4 Å². The number of carbonyl (C=O) groups excluding carboxylic acids is 2. The van der Waals surface area contributed by atoms with Crippen molar-refractivity contribution in [2.45, 2.75) is 38.3 Å². The lowest BCUT2D eigenvalue weighted by atomic mass is 10.0. The second kappa shape index (κ2) is 9.50. The van der Waals surface area contributed by atoms with E-state index in [-0.39, 0.29) is 17.9 Å². The van der Waals surface area contributed by atoms with Crippen molar-refractivity contribution in [2.75, 3.05) is 13.1 Å². The van der Waals surface area contributed by atoms with Crippen LogP contribution in [0.1, 0.15) is 36.0 Å². The highest BCUT2D eigenvalue weighted by molar-refractivity contribution is 5.93. The van der Waals surface area contributed by atoms with Gasteiger partial charge in [-0.3, -0.25) is 14.3 Å². The van der Waals surface area contributed by atoms with E-state index in [4.69, 9.17) is 0 Å². The predicted molar refractivity (Wildman–Crippen MR) is 113 cm³/mol. The van der Waals surface area contributed by atoms with Crippen molar-refractivity contribution in [1.29, 1.82) is 0 Å². The molecule has 162 valence electrons. The molecule has 1 saturated heterocycles. The van der Waals surface area contributed by atoms with E-state index in [9.17, 15) is 9.59 Å². The van der Waals surface area contributed by atoms with Gasteiger partial charge in [0.05, 0.1) is 18.3 Å².